The Labute approximate surface area is 159 Å². The maximum absolute atomic E-state index is 12.6. The van der Waals surface area contributed by atoms with E-state index in [1.807, 2.05) is 38.1 Å². The van der Waals surface area contributed by atoms with Crippen molar-refractivity contribution in [3.05, 3.63) is 58.7 Å². The fraction of sp³-hybridized carbons (Fsp3) is 0.316. The van der Waals surface area contributed by atoms with Gasteiger partial charge in [0.15, 0.2) is 5.52 Å². The van der Waals surface area contributed by atoms with Crippen LogP contribution >= 0.6 is 8.58 Å². The Hall–Kier alpha value is -1.10. The average Bonchev–Trinajstić information content (AvgIpc) is 2.48. The number of hydrogen-bond donors (Lipinski definition) is 0. The molecule has 0 bridgehead atoms. The molecule has 0 aliphatic heterocycles. The maximum atomic E-state index is 12.6. The van der Waals surface area contributed by atoms with Gasteiger partial charge in [0.25, 0.3) is 0 Å². The van der Waals surface area contributed by atoms with Gasteiger partial charge in [0, 0.05) is 12.7 Å². The predicted octanol–water partition coefficient (Wildman–Crippen LogP) is 0.898. The molecule has 0 N–H and O–H groups in total. The van der Waals surface area contributed by atoms with Crippen molar-refractivity contribution in [3.8, 4) is 5.75 Å². The molecule has 0 aliphatic carbocycles. The van der Waals surface area contributed by atoms with E-state index >= 15 is 0 Å². The maximum Gasteiger partial charge on any atom is 1.00 e. The summed E-state index contributed by atoms with van der Waals surface area (Å²) in [7, 11) is 1.77. The van der Waals surface area contributed by atoms with Crippen LogP contribution in [-0.2, 0) is 4.74 Å². The molecule has 1 atom stereocenters. The zero-order chi connectivity index (χ0) is 16.8. The normalized spacial score (nSPS) is 10.7. The van der Waals surface area contributed by atoms with Crippen molar-refractivity contribution in [2.24, 2.45) is 0 Å². The van der Waals surface area contributed by atoms with E-state index in [1.165, 1.54) is 5.56 Å². The van der Waals surface area contributed by atoms with Gasteiger partial charge in [-0.15, -0.1) is 0 Å². The second-order valence-corrected chi connectivity index (χ2v) is 6.87. The Morgan fingerprint density at radius 3 is 2.17 bits per heavy atom. The number of carbonyl (C=O) groups excluding carboxylic acids is 1. The van der Waals surface area contributed by atoms with Gasteiger partial charge in [0.05, 0.1) is 6.61 Å². The first-order chi connectivity index (χ1) is 11.0. The summed E-state index contributed by atoms with van der Waals surface area (Å²) in [4.78, 5) is 12.6. The molecule has 2 aromatic carbocycles. The van der Waals surface area contributed by atoms with Crippen LogP contribution in [0.25, 0.3) is 0 Å². The molecule has 0 heterocycles. The minimum atomic E-state index is 0. The van der Waals surface area contributed by atoms with Gasteiger partial charge in [-0.3, -0.25) is 4.79 Å². The van der Waals surface area contributed by atoms with Crippen LogP contribution in [0.4, 0.5) is 0 Å². The van der Waals surface area contributed by atoms with Crippen molar-refractivity contribution in [2.45, 2.75) is 20.8 Å². The van der Waals surface area contributed by atoms with Crippen molar-refractivity contribution in [3.63, 3.8) is 0 Å². The standard InChI is InChI=1S/C19H23O3P.Li.H/c1-13-11-14(2)18(15(3)12-13)19(20)23-17-7-5-16(6-8-17)22-10-9-21-4;;/h5-8,11-12,23H,9-10H2,1-4H3;;/q;+1;-1. The zero-order valence-corrected chi connectivity index (χ0v) is 16.1. The summed E-state index contributed by atoms with van der Waals surface area (Å²) in [6.45, 7) is 7.15. The van der Waals surface area contributed by atoms with E-state index < -0.39 is 0 Å². The molecule has 2 rings (SSSR count). The molecule has 2 aromatic rings. The number of rotatable bonds is 7. The largest absolute Gasteiger partial charge is 1.00 e. The predicted molar refractivity (Wildman–Crippen MR) is 97.9 cm³/mol. The van der Waals surface area contributed by atoms with Crippen molar-refractivity contribution in [1.82, 2.24) is 0 Å². The van der Waals surface area contributed by atoms with Crippen molar-refractivity contribution < 1.29 is 34.6 Å². The quantitative estimate of drug-likeness (QED) is 0.427. The summed E-state index contributed by atoms with van der Waals surface area (Å²) in [5.74, 6) is 0.797. The Kier molecular flexibility index (Phi) is 8.74. The summed E-state index contributed by atoms with van der Waals surface area (Å²) in [6, 6.07) is 11.9. The Morgan fingerprint density at radius 2 is 1.62 bits per heavy atom. The second kappa shape index (κ2) is 10.0. The van der Waals surface area contributed by atoms with Crippen LogP contribution in [0.3, 0.4) is 0 Å². The van der Waals surface area contributed by atoms with E-state index in [4.69, 9.17) is 9.47 Å². The fourth-order valence-corrected chi connectivity index (χ4v) is 3.72. The molecule has 0 radical (unpaired) electrons. The minimum absolute atomic E-state index is 0. The van der Waals surface area contributed by atoms with Crippen molar-refractivity contribution in [1.29, 1.82) is 0 Å². The summed E-state index contributed by atoms with van der Waals surface area (Å²) in [6.07, 6.45) is 0. The number of ether oxygens (including phenoxy) is 2. The molecule has 0 aromatic heterocycles. The molecule has 5 heteroatoms. The van der Waals surface area contributed by atoms with Crippen LogP contribution in [0, 0.1) is 20.8 Å². The summed E-state index contributed by atoms with van der Waals surface area (Å²) in [5.41, 5.74) is 4.35. The molecule has 0 aliphatic rings. The molecule has 0 fully saturated rings. The van der Waals surface area contributed by atoms with Gasteiger partial charge >= 0.3 is 18.9 Å². The number of aryl methyl sites for hydroxylation is 3. The van der Waals surface area contributed by atoms with Gasteiger partial charge in [0.2, 0.25) is 0 Å². The third-order valence-corrected chi connectivity index (χ3v) is 4.67. The van der Waals surface area contributed by atoms with Crippen LogP contribution in [0.2, 0.25) is 0 Å². The smallest absolute Gasteiger partial charge is 1.00 e. The molecule has 0 saturated carbocycles. The Morgan fingerprint density at radius 1 is 1.04 bits per heavy atom. The Bertz CT molecular complexity index is 667. The van der Waals surface area contributed by atoms with E-state index in [-0.39, 0.29) is 34.4 Å². The van der Waals surface area contributed by atoms with E-state index in [2.05, 4.69) is 19.1 Å². The van der Waals surface area contributed by atoms with Gasteiger partial charge in [-0.2, -0.15) is 0 Å². The zero-order valence-electron chi connectivity index (χ0n) is 16.1. The van der Waals surface area contributed by atoms with Crippen LogP contribution in [-0.4, -0.2) is 25.8 Å². The summed E-state index contributed by atoms with van der Waals surface area (Å²) >= 11 is 0. The van der Waals surface area contributed by atoms with Crippen LogP contribution in [0.15, 0.2) is 36.4 Å². The molecular weight excluding hydrogens is 314 g/mol. The van der Waals surface area contributed by atoms with E-state index in [1.54, 1.807) is 7.11 Å². The number of hydrogen-bond acceptors (Lipinski definition) is 3. The molecule has 3 nitrogen and oxygen atoms in total. The van der Waals surface area contributed by atoms with Gasteiger partial charge in [0.1, 0.15) is 12.4 Å². The number of methoxy groups -OCH3 is 1. The first-order valence-corrected chi connectivity index (χ1v) is 8.62. The van der Waals surface area contributed by atoms with Crippen LogP contribution in [0.5, 0.6) is 5.75 Å². The van der Waals surface area contributed by atoms with Gasteiger partial charge in [-0.05, 0) is 57.9 Å². The molecule has 0 saturated heterocycles. The van der Waals surface area contributed by atoms with Gasteiger partial charge < -0.3 is 10.9 Å². The van der Waals surface area contributed by atoms with Gasteiger partial charge in [-0.25, -0.2) is 0 Å². The number of benzene rings is 2. The van der Waals surface area contributed by atoms with E-state index in [0.29, 0.717) is 13.2 Å². The third-order valence-electron chi connectivity index (χ3n) is 3.57. The summed E-state index contributed by atoms with van der Waals surface area (Å²) in [5, 5.41) is 1.02. The third kappa shape index (κ3) is 5.76. The first kappa shape index (κ1) is 20.9. The molecule has 124 valence electrons. The molecule has 1 unspecified atom stereocenters. The Balaban J connectivity index is 0.00000288. The minimum Gasteiger partial charge on any atom is -1.00 e. The van der Waals surface area contributed by atoms with E-state index in [9.17, 15) is 4.79 Å². The SMILES string of the molecule is COCCOc1ccc(PC(=O)c2c(C)cc(C)cc2C)cc1.[H-].[Li+]. The molecular formula is C19H24LiO3P. The molecule has 0 spiro atoms. The first-order valence-electron chi connectivity index (χ1n) is 7.62. The van der Waals surface area contributed by atoms with Crippen molar-refractivity contribution in [2.75, 3.05) is 20.3 Å². The van der Waals surface area contributed by atoms with E-state index in [0.717, 1.165) is 27.7 Å². The topological polar surface area (TPSA) is 35.5 Å². The monoisotopic (exact) mass is 338 g/mol. The molecule has 0 amide bonds. The molecule has 24 heavy (non-hydrogen) atoms. The van der Waals surface area contributed by atoms with Crippen LogP contribution in [0.1, 0.15) is 28.5 Å². The second-order valence-electron chi connectivity index (χ2n) is 5.59. The number of carbonyl (C=O) groups is 1. The van der Waals surface area contributed by atoms with Crippen molar-refractivity contribution >= 4 is 19.4 Å². The van der Waals surface area contributed by atoms with Crippen LogP contribution < -0.4 is 28.9 Å². The summed E-state index contributed by atoms with van der Waals surface area (Å²) < 4.78 is 10.5. The average molecular weight is 338 g/mol. The van der Waals surface area contributed by atoms with Gasteiger partial charge in [-0.1, -0.05) is 29.8 Å². The fourth-order valence-electron chi connectivity index (χ4n) is 2.61.